The second kappa shape index (κ2) is 3.02. The lowest BCUT2D eigenvalue weighted by Crippen LogP contribution is -2.36. The van der Waals surface area contributed by atoms with Gasteiger partial charge in [-0.05, 0) is 17.5 Å². The molecule has 0 saturated heterocycles. The minimum atomic E-state index is 1.07. The van der Waals surface area contributed by atoms with Crippen molar-refractivity contribution in [2.24, 2.45) is 0 Å². The van der Waals surface area contributed by atoms with Gasteiger partial charge in [-0.25, -0.2) is 0 Å². The molecule has 0 saturated carbocycles. The van der Waals surface area contributed by atoms with Crippen molar-refractivity contribution in [2.75, 3.05) is 0 Å². The lowest BCUT2D eigenvalue weighted by atomic mass is 9.57. The maximum absolute atomic E-state index is 2.27. The van der Waals surface area contributed by atoms with Crippen LogP contribution in [0.1, 0.15) is 11.1 Å². The molecule has 0 aromatic heterocycles. The Morgan fingerprint density at radius 3 is 1.79 bits per heavy atom. The maximum atomic E-state index is 2.27. The Morgan fingerprint density at radius 1 is 0.714 bits per heavy atom. The Labute approximate surface area is 84.8 Å². The Morgan fingerprint density at radius 2 is 1.21 bits per heavy atom. The van der Waals surface area contributed by atoms with Crippen molar-refractivity contribution in [3.8, 4) is 0 Å². The fourth-order valence-corrected chi connectivity index (χ4v) is 2.04. The first-order chi connectivity index (χ1) is 6.93. The van der Waals surface area contributed by atoms with Crippen LogP contribution < -0.4 is 10.9 Å². The summed E-state index contributed by atoms with van der Waals surface area (Å²) in [6.45, 7) is 0. The van der Waals surface area contributed by atoms with Gasteiger partial charge in [0.2, 0.25) is 0 Å². The molecular formula is C13H10B. The van der Waals surface area contributed by atoms with Gasteiger partial charge in [0.05, 0.1) is 0 Å². The summed E-state index contributed by atoms with van der Waals surface area (Å²) in [6.07, 6.45) is 1.07. The van der Waals surface area contributed by atoms with Gasteiger partial charge in [0.1, 0.15) is 0 Å². The van der Waals surface area contributed by atoms with Gasteiger partial charge in [0, 0.05) is 0 Å². The third-order valence-corrected chi connectivity index (χ3v) is 2.80. The van der Waals surface area contributed by atoms with Crippen molar-refractivity contribution in [1.29, 1.82) is 0 Å². The van der Waals surface area contributed by atoms with Crippen molar-refractivity contribution >= 4 is 18.2 Å². The molecule has 0 bridgehead atoms. The smallest absolute Gasteiger partial charge is 0.0780 e. The van der Waals surface area contributed by atoms with E-state index < -0.39 is 0 Å². The van der Waals surface area contributed by atoms with Gasteiger partial charge < -0.3 is 0 Å². The molecule has 1 heteroatoms. The molecule has 3 rings (SSSR count). The highest BCUT2D eigenvalue weighted by atomic mass is 14.1. The van der Waals surface area contributed by atoms with Crippen LogP contribution in [0.5, 0.6) is 0 Å². The van der Waals surface area contributed by atoms with Crippen LogP contribution in [0.25, 0.3) is 0 Å². The van der Waals surface area contributed by atoms with E-state index in [4.69, 9.17) is 0 Å². The molecule has 0 spiro atoms. The molecule has 1 aliphatic rings. The van der Waals surface area contributed by atoms with Gasteiger partial charge in [-0.15, -0.1) is 0 Å². The van der Waals surface area contributed by atoms with Gasteiger partial charge in [0.15, 0.2) is 7.28 Å². The third-order valence-electron chi connectivity index (χ3n) is 2.80. The Kier molecular flexibility index (Phi) is 1.70. The summed E-state index contributed by atoms with van der Waals surface area (Å²) < 4.78 is 0. The first kappa shape index (κ1) is 7.87. The fraction of sp³-hybridized carbons (Fsp3) is 0.0769. The number of hydrogen-bond acceptors (Lipinski definition) is 0. The van der Waals surface area contributed by atoms with E-state index in [1.165, 1.54) is 22.1 Å². The average molecular weight is 177 g/mol. The Hall–Kier alpha value is -1.50. The molecule has 0 fully saturated rings. The molecule has 1 radical (unpaired) electrons. The molecule has 0 nitrogen and oxygen atoms in total. The van der Waals surface area contributed by atoms with Crippen LogP contribution in [0.2, 0.25) is 0 Å². The Bertz CT molecular complexity index is 387. The lowest BCUT2D eigenvalue weighted by Gasteiger charge is -2.18. The molecule has 0 N–H and O–H groups in total. The summed E-state index contributed by atoms with van der Waals surface area (Å²) in [7, 11) is 2.27. The summed E-state index contributed by atoms with van der Waals surface area (Å²) in [5, 5.41) is 0. The summed E-state index contributed by atoms with van der Waals surface area (Å²) in [6, 6.07) is 17.2. The number of rotatable bonds is 0. The monoisotopic (exact) mass is 177 g/mol. The molecule has 2 aromatic rings. The molecule has 1 aliphatic heterocycles. The van der Waals surface area contributed by atoms with Crippen LogP contribution in [0.3, 0.4) is 0 Å². The van der Waals surface area contributed by atoms with Crippen LogP contribution in [0.15, 0.2) is 48.5 Å². The van der Waals surface area contributed by atoms with E-state index in [1.54, 1.807) is 0 Å². The van der Waals surface area contributed by atoms with E-state index in [9.17, 15) is 0 Å². The maximum Gasteiger partial charge on any atom is 0.192 e. The zero-order chi connectivity index (χ0) is 9.38. The molecule has 0 atom stereocenters. The lowest BCUT2D eigenvalue weighted by molar-refractivity contribution is 1.21. The van der Waals surface area contributed by atoms with Gasteiger partial charge in [-0.3, -0.25) is 0 Å². The zero-order valence-electron chi connectivity index (χ0n) is 7.90. The van der Waals surface area contributed by atoms with E-state index in [1.807, 2.05) is 0 Å². The van der Waals surface area contributed by atoms with E-state index in [2.05, 4.69) is 55.8 Å². The molecule has 0 amide bonds. The highest BCUT2D eigenvalue weighted by molar-refractivity contribution is 6.68. The first-order valence-corrected chi connectivity index (χ1v) is 4.94. The molecule has 2 aromatic carbocycles. The van der Waals surface area contributed by atoms with Crippen LogP contribution in [-0.4, -0.2) is 7.28 Å². The number of fused-ring (bicyclic) bond motifs is 2. The largest absolute Gasteiger partial charge is 0.192 e. The van der Waals surface area contributed by atoms with E-state index in [0.717, 1.165) is 6.42 Å². The van der Waals surface area contributed by atoms with Crippen molar-refractivity contribution in [3.05, 3.63) is 59.7 Å². The average Bonchev–Trinajstić information content (AvgIpc) is 2.26. The summed E-state index contributed by atoms with van der Waals surface area (Å²) in [4.78, 5) is 0. The third kappa shape index (κ3) is 1.17. The fourth-order valence-electron chi connectivity index (χ4n) is 2.04. The molecule has 65 valence electrons. The van der Waals surface area contributed by atoms with Crippen LogP contribution in [0.4, 0.5) is 0 Å². The van der Waals surface area contributed by atoms with E-state index >= 15 is 0 Å². The second-order valence-corrected chi connectivity index (χ2v) is 3.72. The van der Waals surface area contributed by atoms with Gasteiger partial charge in [-0.1, -0.05) is 59.5 Å². The van der Waals surface area contributed by atoms with Crippen LogP contribution >= 0.6 is 0 Å². The van der Waals surface area contributed by atoms with Crippen LogP contribution in [-0.2, 0) is 6.42 Å². The van der Waals surface area contributed by atoms with Crippen molar-refractivity contribution in [3.63, 3.8) is 0 Å². The molecular weight excluding hydrogens is 167 g/mol. The summed E-state index contributed by atoms with van der Waals surface area (Å²) >= 11 is 0. The predicted octanol–water partition coefficient (Wildman–Crippen LogP) is 1.25. The minimum absolute atomic E-state index is 1.07. The summed E-state index contributed by atoms with van der Waals surface area (Å²) in [5.41, 5.74) is 5.61. The first-order valence-electron chi connectivity index (χ1n) is 4.94. The molecule has 0 aliphatic carbocycles. The number of benzene rings is 2. The molecule has 0 unspecified atom stereocenters. The highest BCUT2D eigenvalue weighted by Gasteiger charge is 2.14. The van der Waals surface area contributed by atoms with E-state index in [-0.39, 0.29) is 0 Å². The summed E-state index contributed by atoms with van der Waals surface area (Å²) in [5.74, 6) is 0. The quantitative estimate of drug-likeness (QED) is 0.453. The standard InChI is InChI=1S/C13H10B/c1-3-7-12-10(5-1)9-11-6-2-4-8-13(11)14-12/h1-8H,9H2. The van der Waals surface area contributed by atoms with Crippen LogP contribution in [0, 0.1) is 0 Å². The van der Waals surface area contributed by atoms with Gasteiger partial charge in [0.25, 0.3) is 0 Å². The zero-order valence-corrected chi connectivity index (χ0v) is 7.90. The predicted molar refractivity (Wildman–Crippen MR) is 60.7 cm³/mol. The van der Waals surface area contributed by atoms with Crippen molar-refractivity contribution in [1.82, 2.24) is 0 Å². The van der Waals surface area contributed by atoms with E-state index in [0.29, 0.717) is 0 Å². The molecule has 1 heterocycles. The second-order valence-electron chi connectivity index (χ2n) is 3.72. The van der Waals surface area contributed by atoms with Crippen molar-refractivity contribution < 1.29 is 0 Å². The minimum Gasteiger partial charge on any atom is -0.0780 e. The SMILES string of the molecule is [B]1c2ccccc2Cc2ccccc21. The van der Waals surface area contributed by atoms with Gasteiger partial charge >= 0.3 is 0 Å². The number of hydrogen-bond donors (Lipinski definition) is 0. The Balaban J connectivity index is 2.12. The highest BCUT2D eigenvalue weighted by Crippen LogP contribution is 2.09. The normalized spacial score (nSPS) is 12.6. The molecule has 14 heavy (non-hydrogen) atoms. The van der Waals surface area contributed by atoms with Gasteiger partial charge in [-0.2, -0.15) is 0 Å². The van der Waals surface area contributed by atoms with Crippen molar-refractivity contribution in [2.45, 2.75) is 6.42 Å². The topological polar surface area (TPSA) is 0 Å².